The Kier molecular flexibility index (Phi) is 7.11. The number of nitrogens with one attached hydrogen (secondary N) is 2. The number of carbonyl (C=O) groups is 3. The van der Waals surface area contributed by atoms with Gasteiger partial charge in [0.25, 0.3) is 0 Å². The Morgan fingerprint density at radius 3 is 2.29 bits per heavy atom. The van der Waals surface area contributed by atoms with Crippen LogP contribution in [0.4, 0.5) is 4.79 Å². The third-order valence-electron chi connectivity index (χ3n) is 1.93. The van der Waals surface area contributed by atoms with Gasteiger partial charge in [0.1, 0.15) is 6.04 Å². The maximum atomic E-state index is 11.3. The lowest BCUT2D eigenvalue weighted by molar-refractivity contribution is -0.145. The first-order valence-corrected chi connectivity index (χ1v) is 6.17. The normalized spacial score (nSPS) is 13.5. The van der Waals surface area contributed by atoms with Crippen LogP contribution in [0.1, 0.15) is 13.3 Å². The van der Waals surface area contributed by atoms with E-state index in [1.807, 2.05) is 13.2 Å². The molecule has 0 heterocycles. The van der Waals surface area contributed by atoms with Crippen LogP contribution < -0.4 is 10.6 Å². The van der Waals surface area contributed by atoms with E-state index in [2.05, 4.69) is 10.6 Å². The predicted molar refractivity (Wildman–Crippen MR) is 63.2 cm³/mol. The van der Waals surface area contributed by atoms with E-state index < -0.39 is 30.4 Å². The number of aliphatic carboxylic acids is 2. The molecule has 0 rings (SSSR count). The van der Waals surface area contributed by atoms with Gasteiger partial charge in [0.2, 0.25) is 0 Å². The first-order chi connectivity index (χ1) is 7.86. The van der Waals surface area contributed by atoms with Crippen LogP contribution in [-0.2, 0) is 9.59 Å². The van der Waals surface area contributed by atoms with Crippen molar-refractivity contribution in [1.29, 1.82) is 0 Å². The maximum absolute atomic E-state index is 11.3. The Bertz CT molecular complexity index is 297. The number of urea groups is 1. The van der Waals surface area contributed by atoms with Gasteiger partial charge in [-0.05, 0) is 6.26 Å². The SMILES string of the molecule is CSC(C)CNC(=O)N[C@H](CC(=O)O)C(=O)O. The van der Waals surface area contributed by atoms with Gasteiger partial charge in [-0.15, -0.1) is 0 Å². The molecule has 0 bridgehead atoms. The Balaban J connectivity index is 4.13. The van der Waals surface area contributed by atoms with Gasteiger partial charge in [0, 0.05) is 11.8 Å². The Morgan fingerprint density at radius 1 is 1.29 bits per heavy atom. The quantitative estimate of drug-likeness (QED) is 0.513. The summed E-state index contributed by atoms with van der Waals surface area (Å²) in [6, 6.07) is -2.10. The molecule has 2 amide bonds. The lowest BCUT2D eigenvalue weighted by Gasteiger charge is -2.14. The zero-order chi connectivity index (χ0) is 13.4. The second-order valence-electron chi connectivity index (χ2n) is 3.39. The second kappa shape index (κ2) is 7.77. The lowest BCUT2D eigenvalue weighted by atomic mass is 10.2. The standard InChI is InChI=1S/C9H16N2O5S/c1-5(17-2)4-10-9(16)11-6(8(14)15)3-7(12)13/h5-6H,3-4H2,1-2H3,(H,12,13)(H,14,15)(H2,10,11,16)/t5?,6-/m1/s1. The predicted octanol–water partition coefficient (Wildman–Crippen LogP) is -0.0350. The van der Waals surface area contributed by atoms with Crippen molar-refractivity contribution in [1.82, 2.24) is 10.6 Å². The molecule has 0 aliphatic heterocycles. The monoisotopic (exact) mass is 264 g/mol. The number of amides is 2. The van der Waals surface area contributed by atoms with Crippen molar-refractivity contribution < 1.29 is 24.6 Å². The van der Waals surface area contributed by atoms with Crippen LogP contribution in [0.5, 0.6) is 0 Å². The number of carbonyl (C=O) groups excluding carboxylic acids is 1. The zero-order valence-corrected chi connectivity index (χ0v) is 10.4. The van der Waals surface area contributed by atoms with E-state index in [1.54, 1.807) is 11.8 Å². The summed E-state index contributed by atoms with van der Waals surface area (Å²) in [5, 5.41) is 21.9. The van der Waals surface area contributed by atoms with Crippen LogP contribution in [0, 0.1) is 0 Å². The zero-order valence-electron chi connectivity index (χ0n) is 9.60. The van der Waals surface area contributed by atoms with Crippen molar-refractivity contribution in [3.05, 3.63) is 0 Å². The minimum atomic E-state index is -1.42. The van der Waals surface area contributed by atoms with Crippen LogP contribution in [-0.4, -0.2) is 52.3 Å². The highest BCUT2D eigenvalue weighted by Crippen LogP contribution is 2.02. The Morgan fingerprint density at radius 2 is 1.88 bits per heavy atom. The molecule has 2 atom stereocenters. The van der Waals surface area contributed by atoms with Crippen LogP contribution in [0.3, 0.4) is 0 Å². The molecule has 0 spiro atoms. The lowest BCUT2D eigenvalue weighted by Crippen LogP contribution is -2.48. The molecule has 0 saturated carbocycles. The van der Waals surface area contributed by atoms with Crippen LogP contribution in [0.25, 0.3) is 0 Å². The van der Waals surface area contributed by atoms with Gasteiger partial charge >= 0.3 is 18.0 Å². The van der Waals surface area contributed by atoms with Gasteiger partial charge in [-0.1, -0.05) is 6.92 Å². The highest BCUT2D eigenvalue weighted by atomic mass is 32.2. The van der Waals surface area contributed by atoms with Crippen molar-refractivity contribution in [2.24, 2.45) is 0 Å². The molecule has 0 aliphatic rings. The molecule has 0 radical (unpaired) electrons. The summed E-state index contributed by atoms with van der Waals surface area (Å²) in [4.78, 5) is 32.3. The van der Waals surface area contributed by atoms with E-state index in [-0.39, 0.29) is 5.25 Å². The van der Waals surface area contributed by atoms with Gasteiger partial charge in [-0.2, -0.15) is 11.8 Å². The molecule has 0 aromatic carbocycles. The van der Waals surface area contributed by atoms with Crippen LogP contribution in [0.15, 0.2) is 0 Å². The molecule has 0 aliphatic carbocycles. The highest BCUT2D eigenvalue weighted by molar-refractivity contribution is 7.99. The summed E-state index contributed by atoms with van der Waals surface area (Å²) >= 11 is 1.55. The van der Waals surface area contributed by atoms with Gasteiger partial charge in [0.05, 0.1) is 6.42 Å². The number of carboxylic acids is 2. The number of carboxylic acid groups (broad SMARTS) is 2. The van der Waals surface area contributed by atoms with Crippen molar-refractivity contribution in [2.75, 3.05) is 12.8 Å². The van der Waals surface area contributed by atoms with Crippen molar-refractivity contribution in [3.63, 3.8) is 0 Å². The first-order valence-electron chi connectivity index (χ1n) is 4.88. The largest absolute Gasteiger partial charge is 0.481 e. The van der Waals surface area contributed by atoms with Gasteiger partial charge < -0.3 is 20.8 Å². The molecule has 0 aromatic heterocycles. The summed E-state index contributed by atoms with van der Waals surface area (Å²) in [5.74, 6) is -2.66. The van der Waals surface area contributed by atoms with Gasteiger partial charge in [0.15, 0.2) is 0 Å². The Labute approximate surface area is 103 Å². The molecule has 0 fully saturated rings. The van der Waals surface area contributed by atoms with Crippen LogP contribution >= 0.6 is 11.8 Å². The topological polar surface area (TPSA) is 116 Å². The number of hydrogen-bond donors (Lipinski definition) is 4. The fourth-order valence-corrected chi connectivity index (χ4v) is 1.15. The maximum Gasteiger partial charge on any atom is 0.326 e. The molecular weight excluding hydrogens is 248 g/mol. The molecule has 98 valence electrons. The van der Waals surface area contributed by atoms with Crippen molar-refractivity contribution in [2.45, 2.75) is 24.6 Å². The molecule has 1 unspecified atom stereocenters. The van der Waals surface area contributed by atoms with Gasteiger partial charge in [-0.3, -0.25) is 4.79 Å². The highest BCUT2D eigenvalue weighted by Gasteiger charge is 2.22. The minimum absolute atomic E-state index is 0.198. The van der Waals surface area contributed by atoms with E-state index in [0.29, 0.717) is 6.54 Å². The smallest absolute Gasteiger partial charge is 0.326 e. The molecule has 7 nitrogen and oxygen atoms in total. The summed E-state index contributed by atoms with van der Waals surface area (Å²) < 4.78 is 0. The average Bonchev–Trinajstić information content (AvgIpc) is 2.24. The molecular formula is C9H16N2O5S. The third-order valence-corrected chi connectivity index (χ3v) is 2.91. The van der Waals surface area contributed by atoms with Crippen molar-refractivity contribution >= 4 is 29.7 Å². The van der Waals surface area contributed by atoms with E-state index in [0.717, 1.165) is 0 Å². The first kappa shape index (κ1) is 15.6. The molecule has 4 N–H and O–H groups in total. The van der Waals surface area contributed by atoms with E-state index >= 15 is 0 Å². The van der Waals surface area contributed by atoms with E-state index in [9.17, 15) is 14.4 Å². The van der Waals surface area contributed by atoms with Crippen molar-refractivity contribution in [3.8, 4) is 0 Å². The van der Waals surface area contributed by atoms with Gasteiger partial charge in [-0.25, -0.2) is 9.59 Å². The van der Waals surface area contributed by atoms with E-state index in [1.165, 1.54) is 0 Å². The molecule has 0 saturated heterocycles. The fourth-order valence-electron chi connectivity index (χ4n) is 0.904. The number of hydrogen-bond acceptors (Lipinski definition) is 4. The third kappa shape index (κ3) is 7.45. The second-order valence-corrected chi connectivity index (χ2v) is 4.67. The van der Waals surface area contributed by atoms with E-state index in [4.69, 9.17) is 10.2 Å². The molecule has 0 aromatic rings. The summed E-state index contributed by atoms with van der Waals surface area (Å²) in [5.41, 5.74) is 0. The van der Waals surface area contributed by atoms with Crippen LogP contribution in [0.2, 0.25) is 0 Å². The minimum Gasteiger partial charge on any atom is -0.481 e. The number of thioether (sulfide) groups is 1. The summed E-state index contributed by atoms with van der Waals surface area (Å²) in [6.07, 6.45) is 1.23. The fraction of sp³-hybridized carbons (Fsp3) is 0.667. The number of rotatable bonds is 7. The average molecular weight is 264 g/mol. The Hall–Kier alpha value is -1.44. The molecule has 17 heavy (non-hydrogen) atoms. The molecule has 8 heteroatoms. The summed E-state index contributed by atoms with van der Waals surface area (Å²) in [6.45, 7) is 2.28. The summed E-state index contributed by atoms with van der Waals surface area (Å²) in [7, 11) is 0.